The molecule has 1 aliphatic rings. The first kappa shape index (κ1) is 13.4. The van der Waals surface area contributed by atoms with Crippen molar-refractivity contribution in [3.63, 3.8) is 0 Å². The van der Waals surface area contributed by atoms with Crippen LogP contribution in [0.5, 0.6) is 11.5 Å². The molecular formula is C14H16N3O4+. The number of aromatic nitrogens is 2. The van der Waals surface area contributed by atoms with Gasteiger partial charge in [0.25, 0.3) is 0 Å². The average molecular weight is 290 g/mol. The number of benzene rings is 1. The van der Waals surface area contributed by atoms with Crippen LogP contribution in [0.4, 0.5) is 4.79 Å². The zero-order chi connectivity index (χ0) is 15.0. The first-order valence-electron chi connectivity index (χ1n) is 6.66. The fourth-order valence-corrected chi connectivity index (χ4v) is 2.32. The van der Waals surface area contributed by atoms with E-state index in [1.54, 1.807) is 11.6 Å². The normalized spacial score (nSPS) is 12.5. The molecule has 7 nitrogen and oxygen atoms in total. The molecule has 1 aliphatic heterocycles. The maximum atomic E-state index is 11.6. The molecule has 0 bridgehead atoms. The van der Waals surface area contributed by atoms with Crippen molar-refractivity contribution in [3.05, 3.63) is 23.7 Å². The van der Waals surface area contributed by atoms with E-state index in [0.717, 1.165) is 16.6 Å². The molecular weight excluding hydrogens is 274 g/mol. The maximum absolute atomic E-state index is 11.6. The smallest absolute Gasteiger partial charge is 0.443 e. The molecule has 1 amide bonds. The highest BCUT2D eigenvalue weighted by Gasteiger charge is 2.23. The van der Waals surface area contributed by atoms with Gasteiger partial charge in [-0.3, -0.25) is 0 Å². The molecule has 0 fully saturated rings. The van der Waals surface area contributed by atoms with Gasteiger partial charge in [-0.2, -0.15) is 5.43 Å². The number of amides is 1. The van der Waals surface area contributed by atoms with Gasteiger partial charge in [0.2, 0.25) is 6.79 Å². The Morgan fingerprint density at radius 3 is 2.81 bits per heavy atom. The van der Waals surface area contributed by atoms with E-state index in [2.05, 4.69) is 10.4 Å². The lowest BCUT2D eigenvalue weighted by atomic mass is 10.1. The predicted molar refractivity (Wildman–Crippen MR) is 73.9 cm³/mol. The van der Waals surface area contributed by atoms with Gasteiger partial charge in [0.1, 0.15) is 5.69 Å². The molecule has 0 unspecified atom stereocenters. The van der Waals surface area contributed by atoms with Crippen molar-refractivity contribution >= 4 is 17.0 Å². The molecule has 7 heteroatoms. The number of carbonyl (C=O) groups is 1. The highest BCUT2D eigenvalue weighted by Crippen LogP contribution is 2.35. The topological polar surface area (TPSA) is 73.6 Å². The number of hydrogen-bond donors (Lipinski definition) is 1. The third-order valence-electron chi connectivity index (χ3n) is 3.30. The molecule has 1 N–H and O–H groups in total. The zero-order valence-corrected chi connectivity index (χ0v) is 12.1. The summed E-state index contributed by atoms with van der Waals surface area (Å²) in [7, 11) is 0. The summed E-state index contributed by atoms with van der Waals surface area (Å²) in [6.07, 6.45) is -0.518. The second-order valence-corrected chi connectivity index (χ2v) is 4.63. The molecule has 21 heavy (non-hydrogen) atoms. The van der Waals surface area contributed by atoms with E-state index in [-0.39, 0.29) is 6.79 Å². The Morgan fingerprint density at radius 2 is 2.10 bits per heavy atom. The van der Waals surface area contributed by atoms with Gasteiger partial charge in [0.15, 0.2) is 17.0 Å². The summed E-state index contributed by atoms with van der Waals surface area (Å²) < 4.78 is 17.2. The minimum absolute atomic E-state index is 0.213. The van der Waals surface area contributed by atoms with Crippen molar-refractivity contribution in [1.82, 2.24) is 4.98 Å². The molecule has 0 saturated heterocycles. The first-order chi connectivity index (χ1) is 10.1. The fourth-order valence-electron chi connectivity index (χ4n) is 2.32. The van der Waals surface area contributed by atoms with Crippen LogP contribution < -0.4 is 19.6 Å². The molecule has 2 aromatic rings. The Kier molecular flexibility index (Phi) is 3.25. The molecule has 1 aromatic heterocycles. The molecule has 1 aromatic carbocycles. The average Bonchev–Trinajstić information content (AvgIpc) is 2.89. The summed E-state index contributed by atoms with van der Waals surface area (Å²) in [5, 5.41) is 0.877. The zero-order valence-electron chi connectivity index (χ0n) is 12.1. The van der Waals surface area contributed by atoms with Gasteiger partial charge in [-0.1, -0.05) is 0 Å². The Hall–Kier alpha value is -2.57. The van der Waals surface area contributed by atoms with Crippen molar-refractivity contribution in [1.29, 1.82) is 0 Å². The number of nitrogens with zero attached hydrogens (tertiary/aromatic N) is 2. The molecule has 3 rings (SSSR count). The van der Waals surface area contributed by atoms with Crippen LogP contribution in [0.1, 0.15) is 18.4 Å². The molecule has 0 atom stereocenters. The standard InChI is InChI=1S/C14H15N3O4/c1-4-19-14(18)16-17-8(2)10-5-12-13(21-7-20-12)6-11(10)15-9(17)3/h5-6H,4,7H2,1-3H3/p+1. The van der Waals surface area contributed by atoms with Gasteiger partial charge in [0.05, 0.1) is 12.0 Å². The summed E-state index contributed by atoms with van der Waals surface area (Å²) in [4.78, 5) is 16.1. The van der Waals surface area contributed by atoms with Crippen LogP contribution in [0.2, 0.25) is 0 Å². The number of fused-ring (bicyclic) bond motifs is 2. The van der Waals surface area contributed by atoms with E-state index in [1.807, 2.05) is 26.0 Å². The number of carbonyl (C=O) groups excluding carboxylic acids is 1. The predicted octanol–water partition coefficient (Wildman–Crippen LogP) is 1.57. The van der Waals surface area contributed by atoms with Crippen LogP contribution in [0.25, 0.3) is 10.9 Å². The van der Waals surface area contributed by atoms with Crippen LogP contribution in [0.3, 0.4) is 0 Å². The van der Waals surface area contributed by atoms with Gasteiger partial charge in [0, 0.05) is 19.9 Å². The van der Waals surface area contributed by atoms with Crippen LogP contribution in [0, 0.1) is 13.8 Å². The summed E-state index contributed by atoms with van der Waals surface area (Å²) in [5.74, 6) is 2.01. The monoisotopic (exact) mass is 290 g/mol. The molecule has 110 valence electrons. The fraction of sp³-hybridized carbons (Fsp3) is 0.357. The summed E-state index contributed by atoms with van der Waals surface area (Å²) in [6.45, 7) is 5.98. The van der Waals surface area contributed by atoms with Crippen LogP contribution in [-0.4, -0.2) is 24.5 Å². The number of ether oxygens (including phenoxy) is 3. The second-order valence-electron chi connectivity index (χ2n) is 4.63. The largest absolute Gasteiger partial charge is 0.454 e. The van der Waals surface area contributed by atoms with E-state index in [4.69, 9.17) is 14.2 Å². The Bertz CT molecular complexity index is 730. The van der Waals surface area contributed by atoms with E-state index >= 15 is 0 Å². The van der Waals surface area contributed by atoms with E-state index < -0.39 is 6.09 Å². The van der Waals surface area contributed by atoms with Crippen molar-refractivity contribution in [2.24, 2.45) is 0 Å². The molecule has 0 saturated carbocycles. The summed E-state index contributed by atoms with van der Waals surface area (Å²) in [6, 6.07) is 3.70. The third-order valence-corrected chi connectivity index (χ3v) is 3.30. The van der Waals surface area contributed by atoms with Crippen LogP contribution in [0.15, 0.2) is 12.1 Å². The van der Waals surface area contributed by atoms with E-state index in [1.165, 1.54) is 0 Å². The van der Waals surface area contributed by atoms with Crippen molar-refractivity contribution < 1.29 is 23.7 Å². The molecule has 2 heterocycles. The number of aryl methyl sites for hydroxylation is 2. The molecule has 0 aliphatic carbocycles. The minimum atomic E-state index is -0.518. The Balaban J connectivity index is 2.09. The lowest BCUT2D eigenvalue weighted by Gasteiger charge is -2.09. The Labute approximate surface area is 121 Å². The van der Waals surface area contributed by atoms with Crippen molar-refractivity contribution in [2.45, 2.75) is 20.8 Å². The lowest BCUT2D eigenvalue weighted by Crippen LogP contribution is -2.53. The number of hydrogen-bond acceptors (Lipinski definition) is 5. The summed E-state index contributed by atoms with van der Waals surface area (Å²) >= 11 is 0. The number of nitrogens with one attached hydrogen (secondary N) is 1. The highest BCUT2D eigenvalue weighted by molar-refractivity contribution is 5.84. The SMILES string of the molecule is CCOC(=O)N[n+]1c(C)nc2cc3c(cc2c1C)OCO3. The van der Waals surface area contributed by atoms with Gasteiger partial charge in [-0.05, 0) is 18.0 Å². The molecule has 0 radical (unpaired) electrons. The van der Waals surface area contributed by atoms with Gasteiger partial charge >= 0.3 is 11.9 Å². The van der Waals surface area contributed by atoms with Gasteiger partial charge in [-0.15, -0.1) is 4.68 Å². The van der Waals surface area contributed by atoms with Gasteiger partial charge < -0.3 is 14.2 Å². The van der Waals surface area contributed by atoms with Crippen molar-refractivity contribution in [3.8, 4) is 11.5 Å². The Morgan fingerprint density at radius 1 is 1.38 bits per heavy atom. The second kappa shape index (κ2) is 5.08. The number of rotatable bonds is 2. The van der Waals surface area contributed by atoms with Crippen molar-refractivity contribution in [2.75, 3.05) is 18.8 Å². The van der Waals surface area contributed by atoms with E-state index in [0.29, 0.717) is 23.9 Å². The maximum Gasteiger partial charge on any atom is 0.443 e. The first-order valence-corrected chi connectivity index (χ1v) is 6.66. The van der Waals surface area contributed by atoms with Crippen LogP contribution >= 0.6 is 0 Å². The molecule has 0 spiro atoms. The highest BCUT2D eigenvalue weighted by atomic mass is 16.7. The van der Waals surface area contributed by atoms with E-state index in [9.17, 15) is 4.79 Å². The third kappa shape index (κ3) is 2.31. The van der Waals surface area contributed by atoms with Gasteiger partial charge in [-0.25, -0.2) is 4.79 Å². The lowest BCUT2D eigenvalue weighted by molar-refractivity contribution is -0.657. The summed E-state index contributed by atoms with van der Waals surface area (Å²) in [5.41, 5.74) is 4.29. The quantitative estimate of drug-likeness (QED) is 0.850. The van der Waals surface area contributed by atoms with Crippen LogP contribution in [-0.2, 0) is 4.74 Å². The minimum Gasteiger partial charge on any atom is -0.454 e.